The Morgan fingerprint density at radius 2 is 1.52 bits per heavy atom. The molecule has 9 unspecified atom stereocenters. The van der Waals surface area contributed by atoms with Crippen molar-refractivity contribution in [1.82, 2.24) is 0 Å². The maximum Gasteiger partial charge on any atom is 0.302 e. The van der Waals surface area contributed by atoms with E-state index in [1.165, 1.54) is 19.8 Å². The molecule has 186 valence electrons. The number of fused-ring (bicyclic) bond motifs is 5. The molecule has 33 heavy (non-hydrogen) atoms. The van der Waals surface area contributed by atoms with Crippen molar-refractivity contribution in [2.45, 2.75) is 104 Å². The summed E-state index contributed by atoms with van der Waals surface area (Å²) in [5.41, 5.74) is 0.0751. The van der Waals surface area contributed by atoms with Gasteiger partial charge in [0.05, 0.1) is 13.2 Å². The molecule has 0 aromatic carbocycles. The first-order valence-corrected chi connectivity index (χ1v) is 13.2. The minimum Gasteiger partial charge on any atom is -0.463 e. The first kappa shape index (κ1) is 23.6. The number of rotatable bonds is 3. The quantitative estimate of drug-likeness (QED) is 0.557. The van der Waals surface area contributed by atoms with Gasteiger partial charge in [-0.3, -0.25) is 9.59 Å². The summed E-state index contributed by atoms with van der Waals surface area (Å²) in [5, 5.41) is 0. The van der Waals surface area contributed by atoms with Gasteiger partial charge in [0.1, 0.15) is 12.2 Å². The van der Waals surface area contributed by atoms with Crippen molar-refractivity contribution < 1.29 is 28.5 Å². The molecule has 0 N–H and O–H groups in total. The Morgan fingerprint density at radius 1 is 0.818 bits per heavy atom. The number of esters is 2. The van der Waals surface area contributed by atoms with Gasteiger partial charge in [-0.2, -0.15) is 0 Å². The molecule has 1 heterocycles. The van der Waals surface area contributed by atoms with Gasteiger partial charge in [0.2, 0.25) is 0 Å². The van der Waals surface area contributed by atoms with E-state index in [0.29, 0.717) is 36.9 Å². The molecule has 0 aromatic heterocycles. The van der Waals surface area contributed by atoms with E-state index < -0.39 is 5.79 Å². The van der Waals surface area contributed by atoms with Crippen LogP contribution >= 0.6 is 0 Å². The lowest BCUT2D eigenvalue weighted by molar-refractivity contribution is -0.246. The molecule has 0 aromatic rings. The van der Waals surface area contributed by atoms with E-state index >= 15 is 0 Å². The van der Waals surface area contributed by atoms with Crippen molar-refractivity contribution in [3.63, 3.8) is 0 Å². The van der Waals surface area contributed by atoms with Crippen molar-refractivity contribution in [3.05, 3.63) is 0 Å². The van der Waals surface area contributed by atoms with Crippen LogP contribution in [0.15, 0.2) is 0 Å². The summed E-state index contributed by atoms with van der Waals surface area (Å²) in [7, 11) is 0. The molecular formula is C27H42O6. The van der Waals surface area contributed by atoms with Crippen molar-refractivity contribution >= 4 is 11.9 Å². The van der Waals surface area contributed by atoms with Gasteiger partial charge >= 0.3 is 11.9 Å². The maximum atomic E-state index is 12.3. The summed E-state index contributed by atoms with van der Waals surface area (Å²) in [4.78, 5) is 23.8. The molecule has 1 aliphatic heterocycles. The second-order valence-electron chi connectivity index (χ2n) is 12.2. The first-order chi connectivity index (χ1) is 15.6. The molecule has 5 rings (SSSR count). The highest BCUT2D eigenvalue weighted by Gasteiger charge is 2.68. The Labute approximate surface area is 198 Å². The Hall–Kier alpha value is -1.14. The SMILES string of the molecule is CC(=O)OC1CCC2(C)C(CCC3C2CC(OC(C)=O)C2(C)C3CCC2C2(C)OCCO2)C1. The Bertz CT molecular complexity index is 789. The van der Waals surface area contributed by atoms with E-state index in [2.05, 4.69) is 20.8 Å². The molecular weight excluding hydrogens is 420 g/mol. The van der Waals surface area contributed by atoms with Crippen molar-refractivity contribution in [3.8, 4) is 0 Å². The fourth-order valence-corrected chi connectivity index (χ4v) is 9.45. The van der Waals surface area contributed by atoms with E-state index in [-0.39, 0.29) is 40.9 Å². The fraction of sp³-hybridized carbons (Fsp3) is 0.926. The lowest BCUT2D eigenvalue weighted by Gasteiger charge is -2.63. The highest BCUT2D eigenvalue weighted by Crippen LogP contribution is 2.69. The van der Waals surface area contributed by atoms with Crippen LogP contribution in [0.3, 0.4) is 0 Å². The smallest absolute Gasteiger partial charge is 0.302 e. The lowest BCUT2D eigenvalue weighted by atomic mass is 9.43. The fourth-order valence-electron chi connectivity index (χ4n) is 9.45. The molecule has 0 spiro atoms. The average molecular weight is 463 g/mol. The van der Waals surface area contributed by atoms with Gasteiger partial charge in [0.25, 0.3) is 0 Å². The Balaban J connectivity index is 1.45. The van der Waals surface area contributed by atoms with E-state index in [4.69, 9.17) is 18.9 Å². The lowest BCUT2D eigenvalue weighted by Crippen LogP contribution is -2.61. The highest BCUT2D eigenvalue weighted by atomic mass is 16.7. The van der Waals surface area contributed by atoms with Crippen LogP contribution in [0.1, 0.15) is 86.0 Å². The summed E-state index contributed by atoms with van der Waals surface area (Å²) in [6, 6.07) is 0. The van der Waals surface area contributed by atoms with Crippen LogP contribution in [0.25, 0.3) is 0 Å². The van der Waals surface area contributed by atoms with E-state index in [0.717, 1.165) is 38.5 Å². The molecule has 4 aliphatic carbocycles. The molecule has 4 saturated carbocycles. The number of hydrogen-bond donors (Lipinski definition) is 0. The Kier molecular flexibility index (Phi) is 5.88. The van der Waals surface area contributed by atoms with E-state index in [1.807, 2.05) is 0 Å². The predicted octanol–water partition coefficient (Wildman–Crippen LogP) is 4.88. The van der Waals surface area contributed by atoms with Crippen LogP contribution in [0.5, 0.6) is 0 Å². The molecule has 6 nitrogen and oxygen atoms in total. The van der Waals surface area contributed by atoms with Gasteiger partial charge in [0.15, 0.2) is 5.79 Å². The molecule has 9 atom stereocenters. The first-order valence-electron chi connectivity index (χ1n) is 13.2. The van der Waals surface area contributed by atoms with Crippen LogP contribution in [-0.2, 0) is 28.5 Å². The normalized spacial score (nSPS) is 48.3. The predicted molar refractivity (Wildman–Crippen MR) is 122 cm³/mol. The topological polar surface area (TPSA) is 71.1 Å². The number of hydrogen-bond acceptors (Lipinski definition) is 6. The molecule has 5 fully saturated rings. The third kappa shape index (κ3) is 3.65. The van der Waals surface area contributed by atoms with Crippen LogP contribution in [-0.4, -0.2) is 43.1 Å². The van der Waals surface area contributed by atoms with Gasteiger partial charge in [-0.15, -0.1) is 0 Å². The van der Waals surface area contributed by atoms with Gasteiger partial charge in [0, 0.05) is 25.2 Å². The van der Waals surface area contributed by atoms with Crippen LogP contribution in [0, 0.1) is 40.4 Å². The largest absolute Gasteiger partial charge is 0.463 e. The van der Waals surface area contributed by atoms with Gasteiger partial charge in [-0.1, -0.05) is 13.8 Å². The maximum absolute atomic E-state index is 12.3. The standard InChI is InChI=1S/C27H42O6/c1-16(28)32-19-10-11-25(3)18(14-19)6-7-20-21-8-9-23(27(5)30-12-13-31-27)26(21,4)24(15-22(20)25)33-17(2)29/h18-24H,6-15H2,1-5H3. The highest BCUT2D eigenvalue weighted by molar-refractivity contribution is 5.66. The monoisotopic (exact) mass is 462 g/mol. The summed E-state index contributed by atoms with van der Waals surface area (Å²) >= 11 is 0. The number of ether oxygens (including phenoxy) is 4. The molecule has 6 heteroatoms. The third-order valence-electron chi connectivity index (χ3n) is 10.8. The molecule has 0 amide bonds. The van der Waals surface area contributed by atoms with Gasteiger partial charge in [-0.05, 0) is 87.4 Å². The van der Waals surface area contributed by atoms with E-state index in [9.17, 15) is 9.59 Å². The van der Waals surface area contributed by atoms with Gasteiger partial charge in [-0.25, -0.2) is 0 Å². The van der Waals surface area contributed by atoms with Crippen LogP contribution in [0.4, 0.5) is 0 Å². The molecule has 5 aliphatic rings. The van der Waals surface area contributed by atoms with E-state index in [1.54, 1.807) is 6.92 Å². The Morgan fingerprint density at radius 3 is 2.18 bits per heavy atom. The molecule has 0 bridgehead atoms. The average Bonchev–Trinajstić information content (AvgIpc) is 3.33. The number of carbonyl (C=O) groups is 2. The van der Waals surface area contributed by atoms with Crippen molar-refractivity contribution in [1.29, 1.82) is 0 Å². The zero-order valence-electron chi connectivity index (χ0n) is 21.1. The van der Waals surface area contributed by atoms with Gasteiger partial charge < -0.3 is 18.9 Å². The third-order valence-corrected chi connectivity index (χ3v) is 10.8. The summed E-state index contributed by atoms with van der Waals surface area (Å²) in [6.45, 7) is 11.3. The number of carbonyl (C=O) groups excluding carboxylic acids is 2. The van der Waals surface area contributed by atoms with Crippen LogP contribution in [0.2, 0.25) is 0 Å². The second kappa shape index (κ2) is 8.22. The minimum atomic E-state index is -0.585. The van der Waals surface area contributed by atoms with Crippen LogP contribution < -0.4 is 0 Å². The summed E-state index contributed by atoms with van der Waals surface area (Å²) in [5.74, 6) is 1.55. The molecule has 1 saturated heterocycles. The minimum absolute atomic E-state index is 0.0581. The summed E-state index contributed by atoms with van der Waals surface area (Å²) < 4.78 is 24.1. The molecule has 0 radical (unpaired) electrons. The summed E-state index contributed by atoms with van der Waals surface area (Å²) in [6.07, 6.45) is 8.51. The zero-order valence-corrected chi connectivity index (χ0v) is 21.1. The zero-order chi connectivity index (χ0) is 23.6. The van der Waals surface area contributed by atoms with Crippen molar-refractivity contribution in [2.24, 2.45) is 40.4 Å². The second-order valence-corrected chi connectivity index (χ2v) is 12.2. The van der Waals surface area contributed by atoms with Crippen molar-refractivity contribution in [2.75, 3.05) is 13.2 Å².